The largest absolute Gasteiger partial charge is 0.381 e. The Labute approximate surface area is 107 Å². The number of nitrogens with one attached hydrogen (secondary N) is 1. The molecule has 0 aliphatic carbocycles. The molecular formula is C13H19ClN2O. The number of rotatable bonds is 3. The molecule has 1 aliphatic heterocycles. The summed E-state index contributed by atoms with van der Waals surface area (Å²) >= 11 is 6.04. The van der Waals surface area contributed by atoms with Crippen LogP contribution in [0.2, 0.25) is 5.02 Å². The fraction of sp³-hybridized carbons (Fsp3) is 0.538. The fourth-order valence-corrected chi connectivity index (χ4v) is 2.53. The van der Waals surface area contributed by atoms with Gasteiger partial charge < -0.3 is 4.74 Å². The number of ether oxygens (including phenoxy) is 1. The Balaban J connectivity index is 2.18. The zero-order valence-corrected chi connectivity index (χ0v) is 10.8. The van der Waals surface area contributed by atoms with Crippen LogP contribution in [0.1, 0.15) is 30.0 Å². The quantitative estimate of drug-likeness (QED) is 0.644. The molecule has 1 fully saturated rings. The Bertz CT molecular complexity index is 378. The molecule has 1 aromatic rings. The topological polar surface area (TPSA) is 47.3 Å². The molecule has 0 aromatic heterocycles. The Morgan fingerprint density at radius 2 is 2.12 bits per heavy atom. The van der Waals surface area contributed by atoms with E-state index in [0.29, 0.717) is 5.92 Å². The van der Waals surface area contributed by atoms with Crippen LogP contribution in [0.25, 0.3) is 0 Å². The minimum absolute atomic E-state index is 0.190. The second kappa shape index (κ2) is 5.83. The van der Waals surface area contributed by atoms with E-state index in [4.69, 9.17) is 22.2 Å². The third kappa shape index (κ3) is 2.99. The van der Waals surface area contributed by atoms with Gasteiger partial charge in [0.25, 0.3) is 0 Å². The van der Waals surface area contributed by atoms with Gasteiger partial charge in [0.15, 0.2) is 0 Å². The molecular weight excluding hydrogens is 236 g/mol. The van der Waals surface area contributed by atoms with Crippen molar-refractivity contribution in [3.63, 3.8) is 0 Å². The second-order valence-electron chi connectivity index (χ2n) is 4.60. The van der Waals surface area contributed by atoms with Crippen LogP contribution in [0.3, 0.4) is 0 Å². The van der Waals surface area contributed by atoms with Crippen molar-refractivity contribution in [2.45, 2.75) is 25.8 Å². The Kier molecular flexibility index (Phi) is 4.40. The maximum Gasteiger partial charge on any atom is 0.0489 e. The summed E-state index contributed by atoms with van der Waals surface area (Å²) in [7, 11) is 0. The summed E-state index contributed by atoms with van der Waals surface area (Å²) in [5.41, 5.74) is 5.24. The molecule has 1 unspecified atom stereocenters. The molecule has 17 heavy (non-hydrogen) atoms. The first-order valence-corrected chi connectivity index (χ1v) is 6.40. The molecule has 1 heterocycles. The molecule has 1 atom stereocenters. The van der Waals surface area contributed by atoms with Crippen LogP contribution in [0, 0.1) is 12.8 Å². The van der Waals surface area contributed by atoms with Crippen molar-refractivity contribution in [2.24, 2.45) is 11.8 Å². The van der Waals surface area contributed by atoms with E-state index >= 15 is 0 Å². The lowest BCUT2D eigenvalue weighted by molar-refractivity contribution is 0.0536. The number of benzene rings is 1. The summed E-state index contributed by atoms with van der Waals surface area (Å²) in [4.78, 5) is 0. The summed E-state index contributed by atoms with van der Waals surface area (Å²) in [5, 5.41) is 0.802. The summed E-state index contributed by atoms with van der Waals surface area (Å²) in [6.45, 7) is 3.67. The van der Waals surface area contributed by atoms with E-state index in [9.17, 15) is 0 Å². The first-order chi connectivity index (χ1) is 8.22. The van der Waals surface area contributed by atoms with Crippen LogP contribution in [-0.2, 0) is 4.74 Å². The number of hydrogen-bond acceptors (Lipinski definition) is 3. The van der Waals surface area contributed by atoms with Crippen LogP contribution < -0.4 is 11.3 Å². The second-order valence-corrected chi connectivity index (χ2v) is 5.01. The summed E-state index contributed by atoms with van der Waals surface area (Å²) in [6.07, 6.45) is 2.10. The van der Waals surface area contributed by atoms with Gasteiger partial charge in [-0.1, -0.05) is 23.7 Å². The van der Waals surface area contributed by atoms with Crippen molar-refractivity contribution in [2.75, 3.05) is 13.2 Å². The van der Waals surface area contributed by atoms with Crippen LogP contribution in [0.15, 0.2) is 18.2 Å². The number of nitrogens with two attached hydrogens (primary N) is 1. The standard InChI is InChI=1S/C13H19ClN2O/c1-9-8-11(2-3-12(9)14)13(16-15)10-4-6-17-7-5-10/h2-3,8,10,13,16H,4-7,15H2,1H3. The van der Waals surface area contributed by atoms with E-state index in [1.807, 2.05) is 13.0 Å². The molecule has 1 saturated heterocycles. The predicted octanol–water partition coefficient (Wildman–Crippen LogP) is 2.58. The minimum atomic E-state index is 0.190. The van der Waals surface area contributed by atoms with E-state index in [-0.39, 0.29) is 6.04 Å². The Morgan fingerprint density at radius 3 is 2.71 bits per heavy atom. The van der Waals surface area contributed by atoms with Gasteiger partial charge in [0.2, 0.25) is 0 Å². The highest BCUT2D eigenvalue weighted by atomic mass is 35.5. The molecule has 0 radical (unpaired) electrons. The maximum absolute atomic E-state index is 6.04. The zero-order valence-electron chi connectivity index (χ0n) is 10.1. The first-order valence-electron chi connectivity index (χ1n) is 6.02. The lowest BCUT2D eigenvalue weighted by Gasteiger charge is -2.30. The third-order valence-electron chi connectivity index (χ3n) is 3.46. The SMILES string of the molecule is Cc1cc(C(NN)C2CCOCC2)ccc1Cl. The first kappa shape index (κ1) is 12.8. The lowest BCUT2D eigenvalue weighted by atomic mass is 9.87. The summed E-state index contributed by atoms with van der Waals surface area (Å²) < 4.78 is 5.38. The van der Waals surface area contributed by atoms with E-state index < -0.39 is 0 Å². The number of hydrogen-bond donors (Lipinski definition) is 2. The lowest BCUT2D eigenvalue weighted by Crippen LogP contribution is -2.36. The van der Waals surface area contributed by atoms with Crippen LogP contribution >= 0.6 is 11.6 Å². The van der Waals surface area contributed by atoms with E-state index in [0.717, 1.165) is 36.6 Å². The Morgan fingerprint density at radius 1 is 1.41 bits per heavy atom. The molecule has 4 heteroatoms. The fourth-order valence-electron chi connectivity index (χ4n) is 2.41. The van der Waals surface area contributed by atoms with Gasteiger partial charge in [-0.15, -0.1) is 0 Å². The van der Waals surface area contributed by atoms with E-state index in [1.165, 1.54) is 5.56 Å². The normalized spacial score (nSPS) is 19.2. The van der Waals surface area contributed by atoms with Gasteiger partial charge in [0.05, 0.1) is 0 Å². The van der Waals surface area contributed by atoms with Crippen LogP contribution in [0.4, 0.5) is 0 Å². The number of halogens is 1. The predicted molar refractivity (Wildman–Crippen MR) is 69.8 cm³/mol. The Hall–Kier alpha value is -0.610. The molecule has 1 aliphatic rings. The highest BCUT2D eigenvalue weighted by Gasteiger charge is 2.24. The third-order valence-corrected chi connectivity index (χ3v) is 3.88. The molecule has 2 rings (SSSR count). The average molecular weight is 255 g/mol. The van der Waals surface area contributed by atoms with Crippen molar-refractivity contribution in [3.8, 4) is 0 Å². The molecule has 1 aromatic carbocycles. The molecule has 0 amide bonds. The highest BCUT2D eigenvalue weighted by molar-refractivity contribution is 6.31. The van der Waals surface area contributed by atoms with Gasteiger partial charge in [0, 0.05) is 24.3 Å². The average Bonchev–Trinajstić information content (AvgIpc) is 2.36. The molecule has 94 valence electrons. The monoisotopic (exact) mass is 254 g/mol. The smallest absolute Gasteiger partial charge is 0.0489 e. The highest BCUT2D eigenvalue weighted by Crippen LogP contribution is 2.31. The van der Waals surface area contributed by atoms with Crippen LogP contribution in [0.5, 0.6) is 0 Å². The molecule has 3 nitrogen and oxygen atoms in total. The van der Waals surface area contributed by atoms with Gasteiger partial charge in [-0.05, 0) is 42.9 Å². The van der Waals surface area contributed by atoms with E-state index in [1.54, 1.807) is 0 Å². The van der Waals surface area contributed by atoms with Gasteiger partial charge in [-0.3, -0.25) is 11.3 Å². The van der Waals surface area contributed by atoms with Gasteiger partial charge in [-0.25, -0.2) is 0 Å². The number of aryl methyl sites for hydroxylation is 1. The van der Waals surface area contributed by atoms with Crippen molar-refractivity contribution < 1.29 is 4.74 Å². The van der Waals surface area contributed by atoms with Crippen molar-refractivity contribution in [1.82, 2.24) is 5.43 Å². The van der Waals surface area contributed by atoms with Gasteiger partial charge in [-0.2, -0.15) is 0 Å². The number of hydrazine groups is 1. The summed E-state index contributed by atoms with van der Waals surface area (Å²) in [5.74, 6) is 6.24. The van der Waals surface area contributed by atoms with Gasteiger partial charge >= 0.3 is 0 Å². The zero-order chi connectivity index (χ0) is 12.3. The molecule has 0 bridgehead atoms. The summed E-state index contributed by atoms with van der Waals surface area (Å²) in [6, 6.07) is 6.29. The molecule has 3 N–H and O–H groups in total. The van der Waals surface area contributed by atoms with Crippen molar-refractivity contribution >= 4 is 11.6 Å². The van der Waals surface area contributed by atoms with Crippen molar-refractivity contribution in [1.29, 1.82) is 0 Å². The van der Waals surface area contributed by atoms with E-state index in [2.05, 4.69) is 17.6 Å². The van der Waals surface area contributed by atoms with Crippen molar-refractivity contribution in [3.05, 3.63) is 34.3 Å². The molecule has 0 spiro atoms. The van der Waals surface area contributed by atoms with Gasteiger partial charge in [0.1, 0.15) is 0 Å². The minimum Gasteiger partial charge on any atom is -0.381 e. The van der Waals surface area contributed by atoms with Crippen LogP contribution in [-0.4, -0.2) is 13.2 Å². The maximum atomic E-state index is 6.04. The molecule has 0 saturated carbocycles.